The molecule has 7 heteroatoms. The molecule has 94 valence electrons. The van der Waals surface area contributed by atoms with Crippen LogP contribution in [0.3, 0.4) is 0 Å². The molecule has 0 saturated heterocycles. The highest BCUT2D eigenvalue weighted by Crippen LogP contribution is 2.31. The molecule has 0 fully saturated rings. The third-order valence-corrected chi connectivity index (χ3v) is 3.48. The van der Waals surface area contributed by atoms with Crippen molar-refractivity contribution in [2.75, 3.05) is 0 Å². The van der Waals surface area contributed by atoms with Crippen molar-refractivity contribution in [3.05, 3.63) is 39.5 Å². The lowest BCUT2D eigenvalue weighted by molar-refractivity contribution is 0.943. The van der Waals surface area contributed by atoms with Crippen LogP contribution in [0.2, 0.25) is 5.28 Å². The Labute approximate surface area is 119 Å². The maximum atomic E-state index is 6.08. The van der Waals surface area contributed by atoms with Crippen LogP contribution in [0.5, 0.6) is 0 Å². The first-order chi connectivity index (χ1) is 8.50. The number of rotatable bonds is 1. The summed E-state index contributed by atoms with van der Waals surface area (Å²) in [5, 5.41) is 4.89. The SMILES string of the molecule is CC1=C(Cl)NN=C(Cl)C(C)=C1c1cnc(Cl)nc1. The highest BCUT2D eigenvalue weighted by molar-refractivity contribution is 6.70. The van der Waals surface area contributed by atoms with Gasteiger partial charge in [0.2, 0.25) is 5.28 Å². The summed E-state index contributed by atoms with van der Waals surface area (Å²) in [6.07, 6.45) is 3.24. The maximum Gasteiger partial charge on any atom is 0.222 e. The number of nitrogens with one attached hydrogen (secondary N) is 1. The molecule has 1 aliphatic heterocycles. The first-order valence-electron chi connectivity index (χ1n) is 5.06. The Morgan fingerprint density at radius 2 is 1.61 bits per heavy atom. The Balaban J connectivity index is 2.64. The topological polar surface area (TPSA) is 50.2 Å². The van der Waals surface area contributed by atoms with Crippen LogP contribution in [0.15, 0.2) is 33.8 Å². The number of allylic oxidation sites excluding steroid dienone is 3. The summed E-state index contributed by atoms with van der Waals surface area (Å²) in [7, 11) is 0. The van der Waals surface area contributed by atoms with E-state index in [0.29, 0.717) is 10.3 Å². The summed E-state index contributed by atoms with van der Waals surface area (Å²) in [5.41, 5.74) is 5.92. The van der Waals surface area contributed by atoms with E-state index in [9.17, 15) is 0 Å². The molecule has 1 aromatic heterocycles. The van der Waals surface area contributed by atoms with Gasteiger partial charge in [0.1, 0.15) is 5.16 Å². The molecule has 1 aliphatic rings. The summed E-state index contributed by atoms with van der Waals surface area (Å²) < 4.78 is 0. The molecule has 0 amide bonds. The maximum absolute atomic E-state index is 6.08. The van der Waals surface area contributed by atoms with Gasteiger partial charge in [-0.05, 0) is 42.2 Å². The zero-order chi connectivity index (χ0) is 13.3. The second-order valence-electron chi connectivity index (χ2n) is 3.69. The van der Waals surface area contributed by atoms with Crippen molar-refractivity contribution >= 4 is 45.5 Å². The van der Waals surface area contributed by atoms with E-state index in [1.807, 2.05) is 13.8 Å². The van der Waals surface area contributed by atoms with Crippen molar-refractivity contribution in [1.82, 2.24) is 15.4 Å². The molecule has 0 atom stereocenters. The molecular weight excluding hydrogens is 295 g/mol. The third kappa shape index (κ3) is 2.51. The number of hydrogen-bond donors (Lipinski definition) is 1. The van der Waals surface area contributed by atoms with Crippen molar-refractivity contribution < 1.29 is 0 Å². The van der Waals surface area contributed by atoms with Crippen molar-refractivity contribution in [3.8, 4) is 0 Å². The fraction of sp³-hybridized carbons (Fsp3) is 0.182. The number of aromatic nitrogens is 2. The summed E-state index contributed by atoms with van der Waals surface area (Å²) in [6.45, 7) is 3.73. The van der Waals surface area contributed by atoms with Crippen LogP contribution in [0, 0.1) is 0 Å². The smallest absolute Gasteiger partial charge is 0.222 e. The van der Waals surface area contributed by atoms with Crippen LogP contribution in [-0.2, 0) is 0 Å². The summed E-state index contributed by atoms with van der Waals surface area (Å²) in [6, 6.07) is 0. The van der Waals surface area contributed by atoms with Crippen LogP contribution < -0.4 is 5.43 Å². The number of hydrazone groups is 1. The van der Waals surface area contributed by atoms with Gasteiger partial charge in [-0.25, -0.2) is 9.97 Å². The van der Waals surface area contributed by atoms with Gasteiger partial charge in [-0.15, -0.1) is 0 Å². The molecule has 0 unspecified atom stereocenters. The van der Waals surface area contributed by atoms with E-state index in [2.05, 4.69) is 20.5 Å². The van der Waals surface area contributed by atoms with Gasteiger partial charge in [-0.2, -0.15) is 5.10 Å². The van der Waals surface area contributed by atoms with Gasteiger partial charge >= 0.3 is 0 Å². The fourth-order valence-electron chi connectivity index (χ4n) is 1.63. The minimum atomic E-state index is 0.191. The number of halogens is 3. The van der Waals surface area contributed by atoms with E-state index >= 15 is 0 Å². The molecule has 2 rings (SSSR count). The predicted octanol–water partition coefficient (Wildman–Crippen LogP) is 3.53. The summed E-state index contributed by atoms with van der Waals surface area (Å²) in [5.74, 6) is 0. The lowest BCUT2D eigenvalue weighted by atomic mass is 9.97. The average molecular weight is 304 g/mol. The van der Waals surface area contributed by atoms with E-state index in [1.54, 1.807) is 12.4 Å². The standard InChI is InChI=1S/C11H9Cl3N4/c1-5-8(7-3-15-11(14)16-4-7)6(2)10(13)18-17-9(5)12/h3-4,17H,1-2H3. The normalized spacial score (nSPS) is 16.4. The second kappa shape index (κ2) is 5.26. The monoisotopic (exact) mass is 302 g/mol. The first kappa shape index (κ1) is 13.3. The molecule has 0 aromatic carbocycles. The Morgan fingerprint density at radius 1 is 1.00 bits per heavy atom. The molecule has 4 nitrogen and oxygen atoms in total. The van der Waals surface area contributed by atoms with Crippen molar-refractivity contribution in [2.24, 2.45) is 5.10 Å². The minimum absolute atomic E-state index is 0.191. The van der Waals surface area contributed by atoms with Crippen molar-refractivity contribution in [3.63, 3.8) is 0 Å². The van der Waals surface area contributed by atoms with Gasteiger partial charge in [-0.3, -0.25) is 5.43 Å². The molecule has 0 bridgehead atoms. The van der Waals surface area contributed by atoms with Crippen LogP contribution in [0.1, 0.15) is 19.4 Å². The van der Waals surface area contributed by atoms with Crippen molar-refractivity contribution in [1.29, 1.82) is 0 Å². The molecule has 1 N–H and O–H groups in total. The van der Waals surface area contributed by atoms with Crippen LogP contribution in [-0.4, -0.2) is 15.1 Å². The first-order valence-corrected chi connectivity index (χ1v) is 6.19. The molecule has 0 saturated carbocycles. The lowest BCUT2D eigenvalue weighted by Crippen LogP contribution is -2.02. The molecular formula is C11H9Cl3N4. The molecule has 1 aromatic rings. The molecule has 0 spiro atoms. The summed E-state index contributed by atoms with van der Waals surface area (Å²) >= 11 is 17.8. The van der Waals surface area contributed by atoms with Gasteiger partial charge in [-0.1, -0.05) is 23.2 Å². The molecule has 0 radical (unpaired) electrons. The highest BCUT2D eigenvalue weighted by atomic mass is 35.5. The van der Waals surface area contributed by atoms with Crippen LogP contribution in [0.25, 0.3) is 5.57 Å². The van der Waals surface area contributed by atoms with Gasteiger partial charge in [0.25, 0.3) is 0 Å². The quantitative estimate of drug-likeness (QED) is 0.638. The zero-order valence-corrected chi connectivity index (χ0v) is 11.9. The molecule has 18 heavy (non-hydrogen) atoms. The largest absolute Gasteiger partial charge is 0.266 e. The van der Waals surface area contributed by atoms with E-state index < -0.39 is 0 Å². The Bertz CT molecular complexity index is 572. The Hall–Kier alpha value is -1.10. The molecule has 2 heterocycles. The van der Waals surface area contributed by atoms with E-state index in [1.165, 1.54) is 0 Å². The summed E-state index contributed by atoms with van der Waals surface area (Å²) in [4.78, 5) is 7.91. The van der Waals surface area contributed by atoms with Gasteiger partial charge in [0, 0.05) is 18.0 Å². The van der Waals surface area contributed by atoms with Crippen LogP contribution in [0.4, 0.5) is 0 Å². The van der Waals surface area contributed by atoms with Crippen molar-refractivity contribution in [2.45, 2.75) is 13.8 Å². The van der Waals surface area contributed by atoms with Gasteiger partial charge in [0.15, 0.2) is 5.17 Å². The lowest BCUT2D eigenvalue weighted by Gasteiger charge is -2.10. The third-order valence-electron chi connectivity index (χ3n) is 2.55. The van der Waals surface area contributed by atoms with Gasteiger partial charge < -0.3 is 0 Å². The number of nitrogens with zero attached hydrogens (tertiary/aromatic N) is 3. The van der Waals surface area contributed by atoms with Crippen LogP contribution >= 0.6 is 34.8 Å². The highest BCUT2D eigenvalue weighted by Gasteiger charge is 2.18. The number of hydrogen-bond acceptors (Lipinski definition) is 4. The van der Waals surface area contributed by atoms with Gasteiger partial charge in [0.05, 0.1) is 0 Å². The predicted molar refractivity (Wildman–Crippen MR) is 74.6 cm³/mol. The molecule has 0 aliphatic carbocycles. The Kier molecular flexibility index (Phi) is 3.90. The Morgan fingerprint density at radius 3 is 2.22 bits per heavy atom. The zero-order valence-electron chi connectivity index (χ0n) is 9.63. The van der Waals surface area contributed by atoms with E-state index in [-0.39, 0.29) is 5.28 Å². The fourth-order valence-corrected chi connectivity index (χ4v) is 2.01. The van der Waals surface area contributed by atoms with E-state index in [0.717, 1.165) is 22.3 Å². The van der Waals surface area contributed by atoms with E-state index in [4.69, 9.17) is 34.8 Å². The average Bonchev–Trinajstić information content (AvgIpc) is 2.45. The minimum Gasteiger partial charge on any atom is -0.266 e. The second-order valence-corrected chi connectivity index (χ2v) is 4.77.